The van der Waals surface area contributed by atoms with E-state index in [0.29, 0.717) is 76.6 Å². The molecule has 3 atom stereocenters. The largest absolute Gasteiger partial charge is 0.368 e. The van der Waals surface area contributed by atoms with Crippen LogP contribution in [0.15, 0.2) is 0 Å². The lowest BCUT2D eigenvalue weighted by Crippen LogP contribution is -2.56. The molecule has 13 nitrogen and oxygen atoms in total. The highest BCUT2D eigenvalue weighted by molar-refractivity contribution is 8.13. The molecule has 0 aliphatic carbocycles. The van der Waals surface area contributed by atoms with Crippen LogP contribution >= 0.6 is 11.8 Å². The summed E-state index contributed by atoms with van der Waals surface area (Å²) < 4.78 is 0. The van der Waals surface area contributed by atoms with Gasteiger partial charge in [0.2, 0.25) is 35.4 Å². The molecule has 240 valence electrons. The molecule has 0 aromatic carbocycles. The molecule has 0 aliphatic rings. The number of carbonyl (C=O) groups excluding carboxylic acids is 7. The van der Waals surface area contributed by atoms with Gasteiger partial charge < -0.3 is 32.3 Å². The molecule has 7 N–H and O–H groups in total. The molecular weight excluding hydrogens is 564 g/mol. The fourth-order valence-electron chi connectivity index (χ4n) is 4.12. The van der Waals surface area contributed by atoms with Crippen molar-refractivity contribution in [2.24, 2.45) is 5.73 Å². The van der Waals surface area contributed by atoms with Crippen LogP contribution < -0.4 is 32.3 Å². The number of nitrogens with two attached hydrogens (primary N) is 1. The van der Waals surface area contributed by atoms with Gasteiger partial charge in [-0.3, -0.25) is 33.6 Å². The summed E-state index contributed by atoms with van der Waals surface area (Å²) in [5, 5.41) is 13.4. The zero-order valence-corrected chi connectivity index (χ0v) is 26.3. The van der Waals surface area contributed by atoms with Crippen LogP contribution in [0, 0.1) is 0 Å². The number of hydrogen-bond acceptors (Lipinski definition) is 8. The van der Waals surface area contributed by atoms with E-state index in [1.54, 1.807) is 0 Å². The first-order chi connectivity index (χ1) is 19.9. The molecule has 42 heavy (non-hydrogen) atoms. The molecular formula is C28H50N6O7S. The summed E-state index contributed by atoms with van der Waals surface area (Å²) in [5.41, 5.74) is 5.52. The van der Waals surface area contributed by atoms with E-state index in [9.17, 15) is 33.6 Å². The van der Waals surface area contributed by atoms with E-state index in [0.717, 1.165) is 0 Å². The van der Waals surface area contributed by atoms with Crippen molar-refractivity contribution < 1.29 is 33.6 Å². The molecule has 0 radical (unpaired) electrons. The molecule has 0 bridgehead atoms. The van der Waals surface area contributed by atoms with Gasteiger partial charge in [0.25, 0.3) is 0 Å². The van der Waals surface area contributed by atoms with Gasteiger partial charge in [0.05, 0.1) is 0 Å². The van der Waals surface area contributed by atoms with Crippen LogP contribution in [0.25, 0.3) is 0 Å². The van der Waals surface area contributed by atoms with Crippen LogP contribution in [0.3, 0.4) is 0 Å². The van der Waals surface area contributed by atoms with Gasteiger partial charge in [-0.2, -0.15) is 0 Å². The number of nitrogens with one attached hydrogen (secondary N) is 5. The summed E-state index contributed by atoms with van der Waals surface area (Å²) in [4.78, 5) is 84.2. The SMILES string of the molecule is CCSC(=O)CCCCC[C@H](NC(=O)[C@H](CCCCNC(C)=O)NC(C)=O)C(=O)N[C@@H](CCCCNC(C)=O)C(N)=O. The van der Waals surface area contributed by atoms with Gasteiger partial charge in [-0.25, -0.2) is 0 Å². The lowest BCUT2D eigenvalue weighted by atomic mass is 10.0. The third-order valence-corrected chi connectivity index (χ3v) is 7.07. The Morgan fingerprint density at radius 3 is 1.50 bits per heavy atom. The number of thioether (sulfide) groups is 1. The molecule has 0 aromatic rings. The molecule has 6 amide bonds. The third kappa shape index (κ3) is 20.7. The molecule has 0 spiro atoms. The fraction of sp³-hybridized carbons (Fsp3) is 0.750. The van der Waals surface area contributed by atoms with E-state index in [1.807, 2.05) is 6.92 Å². The monoisotopic (exact) mass is 614 g/mol. The molecule has 0 fully saturated rings. The number of amides is 6. The highest BCUT2D eigenvalue weighted by Crippen LogP contribution is 2.13. The topological polar surface area (TPSA) is 206 Å². The second-order valence-corrected chi connectivity index (χ2v) is 11.5. The molecule has 14 heteroatoms. The van der Waals surface area contributed by atoms with Gasteiger partial charge >= 0.3 is 0 Å². The Labute approximate surface area is 253 Å². The standard InChI is InChI=1S/C28H50N6O7S/c1-5-42-25(38)16-8-6-7-14-24(28(41)33-22(26(29)39)13-9-11-17-30-19(2)35)34-27(40)23(32-21(4)37)15-10-12-18-31-20(3)36/h22-24H,5-18H2,1-4H3,(H2,29,39)(H,30,35)(H,31,36)(H,32,37)(H,33,41)(H,34,40)/t22-,23-,24-/m0/s1. The minimum atomic E-state index is -0.991. The summed E-state index contributed by atoms with van der Waals surface area (Å²) in [6.07, 6.45) is 5.37. The molecule has 0 saturated carbocycles. The van der Waals surface area contributed by atoms with E-state index in [1.165, 1.54) is 32.5 Å². The zero-order chi connectivity index (χ0) is 31.9. The Balaban J connectivity index is 5.36. The molecule has 0 unspecified atom stereocenters. The number of hydrogen-bond donors (Lipinski definition) is 6. The molecule has 0 heterocycles. The van der Waals surface area contributed by atoms with Crippen molar-refractivity contribution in [3.05, 3.63) is 0 Å². The average Bonchev–Trinajstić information content (AvgIpc) is 2.89. The summed E-state index contributed by atoms with van der Waals surface area (Å²) in [5.74, 6) is -1.83. The third-order valence-electron chi connectivity index (χ3n) is 6.25. The lowest BCUT2D eigenvalue weighted by molar-refractivity contribution is -0.133. The second-order valence-electron chi connectivity index (χ2n) is 10.1. The summed E-state index contributed by atoms with van der Waals surface area (Å²) in [6, 6.07) is -2.84. The van der Waals surface area contributed by atoms with E-state index < -0.39 is 41.8 Å². The van der Waals surface area contributed by atoms with Crippen LogP contribution in [0.5, 0.6) is 0 Å². The van der Waals surface area contributed by atoms with Gasteiger partial charge in [-0.05, 0) is 57.1 Å². The van der Waals surface area contributed by atoms with E-state index in [-0.39, 0.29) is 29.8 Å². The minimum absolute atomic E-state index is 0.111. The Morgan fingerprint density at radius 1 is 0.595 bits per heavy atom. The maximum Gasteiger partial charge on any atom is 0.243 e. The average molecular weight is 615 g/mol. The van der Waals surface area contributed by atoms with Gasteiger partial charge in [0, 0.05) is 40.3 Å². The predicted octanol–water partition coefficient (Wildman–Crippen LogP) is 0.789. The highest BCUT2D eigenvalue weighted by atomic mass is 32.2. The molecule has 0 aromatic heterocycles. The van der Waals surface area contributed by atoms with Gasteiger partial charge in [0.15, 0.2) is 5.12 Å². The smallest absolute Gasteiger partial charge is 0.243 e. The summed E-state index contributed by atoms with van der Waals surface area (Å²) in [6.45, 7) is 6.90. The molecule has 0 aliphatic heterocycles. The van der Waals surface area contributed by atoms with Crippen molar-refractivity contribution in [2.45, 2.75) is 116 Å². The zero-order valence-electron chi connectivity index (χ0n) is 25.5. The fourth-order valence-corrected chi connectivity index (χ4v) is 4.73. The van der Waals surface area contributed by atoms with E-state index in [4.69, 9.17) is 5.73 Å². The maximum absolute atomic E-state index is 13.3. The Bertz CT molecular complexity index is 902. The van der Waals surface area contributed by atoms with Crippen LogP contribution in [0.4, 0.5) is 0 Å². The van der Waals surface area contributed by atoms with Gasteiger partial charge in [0.1, 0.15) is 18.1 Å². The lowest BCUT2D eigenvalue weighted by Gasteiger charge is -2.25. The van der Waals surface area contributed by atoms with E-state index >= 15 is 0 Å². The number of carbonyl (C=O) groups is 7. The predicted molar refractivity (Wildman–Crippen MR) is 162 cm³/mol. The normalized spacial score (nSPS) is 12.8. The summed E-state index contributed by atoms with van der Waals surface area (Å²) in [7, 11) is 0. The Hall–Kier alpha value is -3.16. The van der Waals surface area contributed by atoms with Crippen molar-refractivity contribution in [3.63, 3.8) is 0 Å². The van der Waals surface area contributed by atoms with Gasteiger partial charge in [-0.1, -0.05) is 31.5 Å². The number of primary amides is 1. The van der Waals surface area contributed by atoms with Gasteiger partial charge in [-0.15, -0.1) is 0 Å². The first-order valence-electron chi connectivity index (χ1n) is 14.7. The quantitative estimate of drug-likeness (QED) is 0.0905. The van der Waals surface area contributed by atoms with Crippen molar-refractivity contribution in [1.82, 2.24) is 26.6 Å². The first-order valence-corrected chi connectivity index (χ1v) is 15.7. The highest BCUT2D eigenvalue weighted by Gasteiger charge is 2.28. The van der Waals surface area contributed by atoms with Crippen molar-refractivity contribution in [2.75, 3.05) is 18.8 Å². The molecule has 0 rings (SSSR count). The maximum atomic E-state index is 13.3. The van der Waals surface area contributed by atoms with Crippen molar-refractivity contribution >= 4 is 52.3 Å². The van der Waals surface area contributed by atoms with Crippen LogP contribution in [0.2, 0.25) is 0 Å². The van der Waals surface area contributed by atoms with Crippen molar-refractivity contribution in [1.29, 1.82) is 0 Å². The Morgan fingerprint density at radius 2 is 1.05 bits per heavy atom. The number of rotatable bonds is 23. The van der Waals surface area contributed by atoms with Crippen molar-refractivity contribution in [3.8, 4) is 0 Å². The first kappa shape index (κ1) is 38.8. The van der Waals surface area contributed by atoms with Crippen LogP contribution in [-0.2, 0) is 33.6 Å². The molecule has 0 saturated heterocycles. The van der Waals surface area contributed by atoms with Crippen LogP contribution in [0.1, 0.15) is 98.3 Å². The summed E-state index contributed by atoms with van der Waals surface area (Å²) >= 11 is 1.27. The minimum Gasteiger partial charge on any atom is -0.368 e. The number of unbranched alkanes of at least 4 members (excludes halogenated alkanes) is 4. The Kier molecular flexibility index (Phi) is 21.6. The second kappa shape index (κ2) is 23.4. The van der Waals surface area contributed by atoms with E-state index in [2.05, 4.69) is 26.6 Å². The van der Waals surface area contributed by atoms with Crippen LogP contribution in [-0.4, -0.2) is 77.5 Å².